The fourth-order valence-corrected chi connectivity index (χ4v) is 2.96. The van der Waals surface area contributed by atoms with Crippen LogP contribution < -0.4 is 21.5 Å². The zero-order valence-electron chi connectivity index (χ0n) is 14.7. The zero-order chi connectivity index (χ0) is 18.8. The molecule has 4 N–H and O–H groups in total. The number of fused-ring (bicyclic) bond motifs is 1. The fourth-order valence-electron chi connectivity index (χ4n) is 2.75. The number of hydrogen-bond donors (Lipinski definition) is 4. The number of rotatable bonds is 5. The lowest BCUT2D eigenvalue weighted by Crippen LogP contribution is -2.32. The van der Waals surface area contributed by atoms with Gasteiger partial charge in [-0.05, 0) is 31.3 Å². The van der Waals surface area contributed by atoms with Crippen molar-refractivity contribution in [3.05, 3.63) is 51.9 Å². The van der Waals surface area contributed by atoms with Crippen LogP contribution >= 0.6 is 11.6 Å². The van der Waals surface area contributed by atoms with Crippen molar-refractivity contribution in [3.8, 4) is 11.1 Å². The fraction of sp³-hybridized carbons (Fsp3) is 0.222. The number of aromatic nitrogens is 2. The van der Waals surface area contributed by atoms with E-state index in [2.05, 4.69) is 20.9 Å². The van der Waals surface area contributed by atoms with Crippen molar-refractivity contribution in [3.63, 3.8) is 0 Å². The highest BCUT2D eigenvalue weighted by atomic mass is 35.5. The third-order valence-electron chi connectivity index (χ3n) is 4.20. The van der Waals surface area contributed by atoms with Crippen LogP contribution in [-0.4, -0.2) is 35.1 Å². The number of anilines is 2. The Kier molecular flexibility index (Phi) is 5.13. The predicted octanol–water partition coefficient (Wildman–Crippen LogP) is 2.20. The summed E-state index contributed by atoms with van der Waals surface area (Å²) < 4.78 is 1.58. The van der Waals surface area contributed by atoms with Gasteiger partial charge in [-0.15, -0.1) is 0 Å². The van der Waals surface area contributed by atoms with Crippen molar-refractivity contribution in [1.29, 1.82) is 0 Å². The van der Waals surface area contributed by atoms with E-state index in [9.17, 15) is 9.90 Å². The first kappa shape index (κ1) is 18.2. The first-order valence-electron chi connectivity index (χ1n) is 8.04. The SMILES string of the molecule is CNc1cc2c(cn1)cc(-c1cc(NC(O)NC)ccc1Cl)c(=O)n2C. The number of hydrogen-bond acceptors (Lipinski definition) is 6. The Morgan fingerprint density at radius 2 is 1.96 bits per heavy atom. The Labute approximate surface area is 155 Å². The Morgan fingerprint density at radius 1 is 1.19 bits per heavy atom. The quantitative estimate of drug-likeness (QED) is 0.512. The molecule has 0 saturated heterocycles. The molecule has 0 amide bonds. The molecule has 0 fully saturated rings. The van der Waals surface area contributed by atoms with Gasteiger partial charge in [0.25, 0.3) is 5.56 Å². The molecular weight excluding hydrogens is 354 g/mol. The molecule has 8 heteroatoms. The van der Waals surface area contributed by atoms with E-state index < -0.39 is 6.35 Å². The summed E-state index contributed by atoms with van der Waals surface area (Å²) >= 11 is 6.34. The van der Waals surface area contributed by atoms with Crippen molar-refractivity contribution >= 4 is 34.0 Å². The summed E-state index contributed by atoms with van der Waals surface area (Å²) in [4.78, 5) is 17.2. The number of aliphatic hydroxyl groups is 1. The van der Waals surface area contributed by atoms with Gasteiger partial charge < -0.3 is 20.3 Å². The number of aryl methyl sites for hydroxylation is 1. The number of halogens is 1. The van der Waals surface area contributed by atoms with Gasteiger partial charge in [0.2, 0.25) is 0 Å². The van der Waals surface area contributed by atoms with E-state index in [4.69, 9.17) is 11.6 Å². The maximum atomic E-state index is 12.9. The molecule has 0 spiro atoms. The molecule has 7 nitrogen and oxygen atoms in total. The van der Waals surface area contributed by atoms with Gasteiger partial charge in [0.05, 0.1) is 5.52 Å². The Morgan fingerprint density at radius 3 is 2.65 bits per heavy atom. The lowest BCUT2D eigenvalue weighted by atomic mass is 10.0. The highest BCUT2D eigenvalue weighted by Gasteiger charge is 2.14. The van der Waals surface area contributed by atoms with Gasteiger partial charge in [0, 0.05) is 53.6 Å². The molecule has 26 heavy (non-hydrogen) atoms. The zero-order valence-corrected chi connectivity index (χ0v) is 15.4. The van der Waals surface area contributed by atoms with Gasteiger partial charge in [0.15, 0.2) is 6.35 Å². The van der Waals surface area contributed by atoms with Crippen LogP contribution in [0.1, 0.15) is 0 Å². The maximum Gasteiger partial charge on any atom is 0.258 e. The van der Waals surface area contributed by atoms with Gasteiger partial charge in [-0.2, -0.15) is 0 Å². The second-order valence-corrected chi connectivity index (χ2v) is 6.24. The van der Waals surface area contributed by atoms with Crippen molar-refractivity contribution in [2.75, 3.05) is 24.7 Å². The largest absolute Gasteiger partial charge is 0.373 e. The van der Waals surface area contributed by atoms with E-state index in [1.165, 1.54) is 0 Å². The highest BCUT2D eigenvalue weighted by molar-refractivity contribution is 6.33. The second kappa shape index (κ2) is 7.33. The summed E-state index contributed by atoms with van der Waals surface area (Å²) in [7, 11) is 5.12. The van der Waals surface area contributed by atoms with Crippen LogP contribution in [-0.2, 0) is 7.05 Å². The molecule has 3 aromatic rings. The molecule has 0 bridgehead atoms. The van der Waals surface area contributed by atoms with Crippen molar-refractivity contribution < 1.29 is 5.11 Å². The molecule has 1 unspecified atom stereocenters. The van der Waals surface area contributed by atoms with Gasteiger partial charge in [0.1, 0.15) is 5.82 Å². The molecule has 0 aliphatic heterocycles. The maximum absolute atomic E-state index is 12.9. The molecule has 0 radical (unpaired) electrons. The van der Waals surface area contributed by atoms with Crippen molar-refractivity contribution in [2.45, 2.75) is 6.35 Å². The molecule has 0 saturated carbocycles. The topological polar surface area (TPSA) is 91.2 Å². The number of benzene rings is 1. The van der Waals surface area contributed by atoms with Gasteiger partial charge >= 0.3 is 0 Å². The Bertz CT molecular complexity index is 1020. The standard InChI is InChI=1S/C18H20ClN5O2/c1-20-16-8-15-10(9-22-16)6-13(17(25)24(15)3)12-7-11(4-5-14(12)19)23-18(26)21-2/h4-9,18,21,23,26H,1-3H3,(H,20,22). The summed E-state index contributed by atoms with van der Waals surface area (Å²) in [5, 5.41) is 19.5. The number of pyridine rings is 2. The van der Waals surface area contributed by atoms with E-state index in [-0.39, 0.29) is 5.56 Å². The molecule has 3 rings (SSSR count). The van der Waals surface area contributed by atoms with E-state index in [0.717, 1.165) is 10.9 Å². The normalized spacial score (nSPS) is 12.2. The van der Waals surface area contributed by atoms with Crippen molar-refractivity contribution in [2.24, 2.45) is 7.05 Å². The first-order chi connectivity index (χ1) is 12.4. The Balaban J connectivity index is 2.18. The van der Waals surface area contributed by atoms with Crippen LogP contribution in [0.25, 0.3) is 22.0 Å². The van der Waals surface area contributed by atoms with Crippen LogP contribution in [0.3, 0.4) is 0 Å². The molecular formula is C18H20ClN5O2. The molecule has 1 atom stereocenters. The summed E-state index contributed by atoms with van der Waals surface area (Å²) in [6.07, 6.45) is 0.804. The molecule has 1 aromatic carbocycles. The monoisotopic (exact) mass is 373 g/mol. The average molecular weight is 374 g/mol. The van der Waals surface area contributed by atoms with Crippen LogP contribution in [0, 0.1) is 0 Å². The van der Waals surface area contributed by atoms with Crippen LogP contribution in [0.4, 0.5) is 11.5 Å². The smallest absolute Gasteiger partial charge is 0.258 e. The summed E-state index contributed by atoms with van der Waals surface area (Å²) in [6.45, 7) is 0. The number of nitrogens with one attached hydrogen (secondary N) is 3. The van der Waals surface area contributed by atoms with E-state index >= 15 is 0 Å². The minimum absolute atomic E-state index is 0.168. The number of aliphatic hydroxyl groups excluding tert-OH is 1. The molecule has 136 valence electrons. The minimum atomic E-state index is -0.910. The lowest BCUT2D eigenvalue weighted by Gasteiger charge is -2.15. The third kappa shape index (κ3) is 3.37. The summed E-state index contributed by atoms with van der Waals surface area (Å²) in [5.74, 6) is 0.686. The molecule has 0 aliphatic carbocycles. The van der Waals surface area contributed by atoms with E-state index in [1.54, 1.807) is 56.2 Å². The van der Waals surface area contributed by atoms with Crippen LogP contribution in [0.15, 0.2) is 41.3 Å². The molecule has 2 heterocycles. The average Bonchev–Trinajstić information content (AvgIpc) is 2.66. The van der Waals surface area contributed by atoms with E-state index in [0.29, 0.717) is 27.7 Å². The molecule has 2 aromatic heterocycles. The summed E-state index contributed by atoms with van der Waals surface area (Å²) in [6, 6.07) is 8.76. The van der Waals surface area contributed by atoms with Gasteiger partial charge in [-0.25, -0.2) is 4.98 Å². The Hall–Kier alpha value is -2.61. The van der Waals surface area contributed by atoms with E-state index in [1.807, 2.05) is 6.07 Å². The minimum Gasteiger partial charge on any atom is -0.373 e. The third-order valence-corrected chi connectivity index (χ3v) is 4.53. The highest BCUT2D eigenvalue weighted by Crippen LogP contribution is 2.30. The van der Waals surface area contributed by atoms with Gasteiger partial charge in [-0.1, -0.05) is 11.6 Å². The van der Waals surface area contributed by atoms with Crippen molar-refractivity contribution in [1.82, 2.24) is 14.9 Å². The second-order valence-electron chi connectivity index (χ2n) is 5.83. The first-order valence-corrected chi connectivity index (χ1v) is 8.41. The van der Waals surface area contributed by atoms with Crippen LogP contribution in [0.2, 0.25) is 5.02 Å². The van der Waals surface area contributed by atoms with Crippen LogP contribution in [0.5, 0.6) is 0 Å². The lowest BCUT2D eigenvalue weighted by molar-refractivity contribution is 0.176. The summed E-state index contributed by atoms with van der Waals surface area (Å²) in [5.41, 5.74) is 2.29. The van der Waals surface area contributed by atoms with Gasteiger partial charge in [-0.3, -0.25) is 10.1 Å². The predicted molar refractivity (Wildman–Crippen MR) is 106 cm³/mol. The number of nitrogens with zero attached hydrogens (tertiary/aromatic N) is 2. The molecule has 0 aliphatic rings.